The van der Waals surface area contributed by atoms with Crippen molar-refractivity contribution in [2.45, 2.75) is 13.8 Å². The molecule has 0 saturated heterocycles. The lowest BCUT2D eigenvalue weighted by Crippen LogP contribution is -1.98. The molecule has 3 rings (SSSR count). The third-order valence-corrected chi connectivity index (χ3v) is 4.17. The molecule has 2 aromatic carbocycles. The number of rotatable bonds is 5. The molecule has 0 aliphatic heterocycles. The normalized spacial score (nSPS) is 10.8. The zero-order chi connectivity index (χ0) is 14.7. The number of thiazole rings is 1. The van der Waals surface area contributed by atoms with Crippen LogP contribution < -0.4 is 9.47 Å². The van der Waals surface area contributed by atoms with Crippen LogP contribution in [-0.4, -0.2) is 18.2 Å². The monoisotopic (exact) mass is 299 g/mol. The van der Waals surface area contributed by atoms with Gasteiger partial charge in [0.2, 0.25) is 0 Å². The van der Waals surface area contributed by atoms with E-state index in [0.29, 0.717) is 13.2 Å². The first-order valence-electron chi connectivity index (χ1n) is 7.07. The van der Waals surface area contributed by atoms with Gasteiger partial charge in [-0.25, -0.2) is 4.98 Å². The van der Waals surface area contributed by atoms with Crippen molar-refractivity contribution in [1.29, 1.82) is 0 Å². The van der Waals surface area contributed by atoms with Gasteiger partial charge in [-0.1, -0.05) is 12.1 Å². The fourth-order valence-corrected chi connectivity index (χ4v) is 3.14. The molecule has 1 aromatic heterocycles. The second-order valence-corrected chi connectivity index (χ2v) is 5.54. The lowest BCUT2D eigenvalue weighted by atomic mass is 10.2. The number of benzene rings is 2. The molecule has 0 unspecified atom stereocenters. The Bertz CT molecular complexity index is 718. The minimum atomic E-state index is 0.614. The van der Waals surface area contributed by atoms with E-state index in [1.807, 2.05) is 50.2 Å². The fraction of sp³-hybridized carbons (Fsp3) is 0.235. The van der Waals surface area contributed by atoms with Crippen LogP contribution in [0.5, 0.6) is 11.5 Å². The van der Waals surface area contributed by atoms with Gasteiger partial charge in [0.25, 0.3) is 0 Å². The van der Waals surface area contributed by atoms with Crippen LogP contribution in [0.3, 0.4) is 0 Å². The Morgan fingerprint density at radius 3 is 2.48 bits per heavy atom. The molecule has 0 aliphatic carbocycles. The van der Waals surface area contributed by atoms with Crippen LogP contribution in [0.25, 0.3) is 20.8 Å². The minimum Gasteiger partial charge on any atom is -0.490 e. The standard InChI is InChI=1S/C17H17NO2S/c1-3-19-14-10-9-12(11-15(14)20-4-2)17-18-13-7-5-6-8-16(13)21-17/h5-11H,3-4H2,1-2H3. The van der Waals surface area contributed by atoms with Crippen molar-refractivity contribution in [2.24, 2.45) is 0 Å². The summed E-state index contributed by atoms with van der Waals surface area (Å²) in [6, 6.07) is 14.2. The van der Waals surface area contributed by atoms with Crippen molar-refractivity contribution in [3.8, 4) is 22.1 Å². The van der Waals surface area contributed by atoms with E-state index in [9.17, 15) is 0 Å². The van der Waals surface area contributed by atoms with Crippen LogP contribution in [0.4, 0.5) is 0 Å². The Morgan fingerprint density at radius 1 is 0.952 bits per heavy atom. The van der Waals surface area contributed by atoms with Crippen molar-refractivity contribution in [3.63, 3.8) is 0 Å². The van der Waals surface area contributed by atoms with E-state index in [0.717, 1.165) is 27.6 Å². The first kappa shape index (κ1) is 13.9. The highest BCUT2D eigenvalue weighted by molar-refractivity contribution is 7.21. The summed E-state index contributed by atoms with van der Waals surface area (Å²) in [6.07, 6.45) is 0. The van der Waals surface area contributed by atoms with Gasteiger partial charge in [-0.3, -0.25) is 0 Å². The van der Waals surface area contributed by atoms with Gasteiger partial charge in [0.05, 0.1) is 23.4 Å². The van der Waals surface area contributed by atoms with Gasteiger partial charge in [-0.05, 0) is 44.2 Å². The predicted octanol–water partition coefficient (Wildman–Crippen LogP) is 4.76. The number of ether oxygens (including phenoxy) is 2. The highest BCUT2D eigenvalue weighted by Crippen LogP contribution is 2.36. The maximum Gasteiger partial charge on any atom is 0.161 e. The van der Waals surface area contributed by atoms with Crippen LogP contribution in [-0.2, 0) is 0 Å². The van der Waals surface area contributed by atoms with Crippen LogP contribution in [0.2, 0.25) is 0 Å². The van der Waals surface area contributed by atoms with Gasteiger partial charge >= 0.3 is 0 Å². The summed E-state index contributed by atoms with van der Waals surface area (Å²) >= 11 is 1.69. The molecular formula is C17H17NO2S. The zero-order valence-corrected chi connectivity index (χ0v) is 12.9. The first-order valence-corrected chi connectivity index (χ1v) is 7.89. The number of aromatic nitrogens is 1. The number of para-hydroxylation sites is 1. The molecule has 0 atom stereocenters. The van der Waals surface area contributed by atoms with E-state index in [4.69, 9.17) is 9.47 Å². The van der Waals surface area contributed by atoms with E-state index >= 15 is 0 Å². The molecule has 0 aliphatic rings. The molecular weight excluding hydrogens is 282 g/mol. The first-order chi connectivity index (χ1) is 10.3. The third kappa shape index (κ3) is 2.85. The van der Waals surface area contributed by atoms with Crippen molar-refractivity contribution < 1.29 is 9.47 Å². The minimum absolute atomic E-state index is 0.614. The lowest BCUT2D eigenvalue weighted by Gasteiger charge is -2.11. The number of fused-ring (bicyclic) bond motifs is 1. The maximum absolute atomic E-state index is 5.68. The van der Waals surface area contributed by atoms with Crippen LogP contribution in [0.1, 0.15) is 13.8 Å². The molecule has 21 heavy (non-hydrogen) atoms. The van der Waals surface area contributed by atoms with Crippen molar-refractivity contribution in [1.82, 2.24) is 4.98 Å². The molecule has 0 bridgehead atoms. The Labute approximate surface area is 128 Å². The summed E-state index contributed by atoms with van der Waals surface area (Å²) < 4.78 is 12.5. The summed E-state index contributed by atoms with van der Waals surface area (Å²) in [6.45, 7) is 5.18. The van der Waals surface area contributed by atoms with Gasteiger partial charge in [-0.2, -0.15) is 0 Å². The van der Waals surface area contributed by atoms with Crippen LogP contribution >= 0.6 is 11.3 Å². The molecule has 0 saturated carbocycles. The van der Waals surface area contributed by atoms with Crippen molar-refractivity contribution in [3.05, 3.63) is 42.5 Å². The largest absolute Gasteiger partial charge is 0.490 e. The predicted molar refractivity (Wildman–Crippen MR) is 87.4 cm³/mol. The van der Waals surface area contributed by atoms with Crippen molar-refractivity contribution >= 4 is 21.6 Å². The maximum atomic E-state index is 5.68. The topological polar surface area (TPSA) is 31.4 Å². The van der Waals surface area contributed by atoms with E-state index < -0.39 is 0 Å². The van der Waals surface area contributed by atoms with Crippen LogP contribution in [0, 0.1) is 0 Å². The number of hydrogen-bond donors (Lipinski definition) is 0. The third-order valence-electron chi connectivity index (χ3n) is 3.08. The Balaban J connectivity index is 2.03. The Kier molecular flexibility index (Phi) is 4.06. The summed E-state index contributed by atoms with van der Waals surface area (Å²) in [5.41, 5.74) is 2.09. The summed E-state index contributed by atoms with van der Waals surface area (Å²) in [4.78, 5) is 4.68. The Hall–Kier alpha value is -2.07. The molecule has 1 heterocycles. The molecule has 108 valence electrons. The molecule has 3 aromatic rings. The number of hydrogen-bond acceptors (Lipinski definition) is 4. The van der Waals surface area contributed by atoms with Gasteiger partial charge in [0.15, 0.2) is 11.5 Å². The average Bonchev–Trinajstić information content (AvgIpc) is 2.93. The van der Waals surface area contributed by atoms with Gasteiger partial charge in [-0.15, -0.1) is 11.3 Å². The zero-order valence-electron chi connectivity index (χ0n) is 12.1. The van der Waals surface area contributed by atoms with Crippen LogP contribution in [0.15, 0.2) is 42.5 Å². The average molecular weight is 299 g/mol. The van der Waals surface area contributed by atoms with Gasteiger partial charge in [0.1, 0.15) is 5.01 Å². The molecule has 0 amide bonds. The quantitative estimate of drug-likeness (QED) is 0.680. The number of nitrogens with zero attached hydrogens (tertiary/aromatic N) is 1. The van der Waals surface area contributed by atoms with E-state index in [1.54, 1.807) is 11.3 Å². The van der Waals surface area contributed by atoms with Gasteiger partial charge < -0.3 is 9.47 Å². The molecule has 0 radical (unpaired) electrons. The van der Waals surface area contributed by atoms with E-state index in [1.165, 1.54) is 4.70 Å². The highest BCUT2D eigenvalue weighted by atomic mass is 32.1. The van der Waals surface area contributed by atoms with Crippen molar-refractivity contribution in [2.75, 3.05) is 13.2 Å². The Morgan fingerprint density at radius 2 is 1.71 bits per heavy atom. The SMILES string of the molecule is CCOc1ccc(-c2nc3ccccc3s2)cc1OCC. The molecule has 3 nitrogen and oxygen atoms in total. The molecule has 0 N–H and O–H groups in total. The molecule has 0 spiro atoms. The summed E-state index contributed by atoms with van der Waals surface area (Å²) in [7, 11) is 0. The summed E-state index contributed by atoms with van der Waals surface area (Å²) in [5.74, 6) is 1.56. The second kappa shape index (κ2) is 6.14. The lowest BCUT2D eigenvalue weighted by molar-refractivity contribution is 0.288. The van der Waals surface area contributed by atoms with E-state index in [2.05, 4.69) is 11.1 Å². The fourth-order valence-electron chi connectivity index (χ4n) is 2.18. The van der Waals surface area contributed by atoms with Gasteiger partial charge in [0, 0.05) is 5.56 Å². The second-order valence-electron chi connectivity index (χ2n) is 4.51. The highest BCUT2D eigenvalue weighted by Gasteiger charge is 2.10. The smallest absolute Gasteiger partial charge is 0.161 e. The van der Waals surface area contributed by atoms with E-state index in [-0.39, 0.29) is 0 Å². The summed E-state index contributed by atoms with van der Waals surface area (Å²) in [5, 5.41) is 1.00. The molecule has 0 fully saturated rings. The molecule has 4 heteroatoms.